The van der Waals surface area contributed by atoms with Crippen LogP contribution >= 0.6 is 23.2 Å². The van der Waals surface area contributed by atoms with Crippen LogP contribution in [0.25, 0.3) is 5.69 Å². The predicted molar refractivity (Wildman–Crippen MR) is 122 cm³/mol. The van der Waals surface area contributed by atoms with Crippen molar-refractivity contribution in [3.63, 3.8) is 0 Å². The van der Waals surface area contributed by atoms with E-state index in [1.165, 1.54) is 17.7 Å². The molecule has 33 heavy (non-hydrogen) atoms. The summed E-state index contributed by atoms with van der Waals surface area (Å²) in [4.78, 5) is 38.0. The van der Waals surface area contributed by atoms with Crippen molar-refractivity contribution < 1.29 is 4.74 Å². The number of benzene rings is 2. The lowest BCUT2D eigenvalue weighted by Gasteiger charge is -2.29. The van der Waals surface area contributed by atoms with Crippen molar-refractivity contribution in [2.75, 3.05) is 5.73 Å². The number of aromatic amines is 2. The molecule has 10 nitrogen and oxygen atoms in total. The second-order valence-electron chi connectivity index (χ2n) is 7.34. The lowest BCUT2D eigenvalue weighted by molar-refractivity contribution is 0.452. The number of anilines is 1. The van der Waals surface area contributed by atoms with Crippen molar-refractivity contribution in [1.82, 2.24) is 25.0 Å². The molecule has 0 amide bonds. The maximum absolute atomic E-state index is 12.4. The molecule has 166 valence electrons. The van der Waals surface area contributed by atoms with Crippen LogP contribution in [0.5, 0.6) is 11.6 Å². The van der Waals surface area contributed by atoms with Crippen LogP contribution in [0, 0.1) is 0 Å². The van der Waals surface area contributed by atoms with Gasteiger partial charge in [0.2, 0.25) is 11.7 Å². The molecule has 0 spiro atoms. The van der Waals surface area contributed by atoms with E-state index in [9.17, 15) is 14.4 Å². The van der Waals surface area contributed by atoms with Gasteiger partial charge in [-0.25, -0.2) is 9.89 Å². The molecule has 1 aliphatic carbocycles. The molecule has 0 unspecified atom stereocenters. The summed E-state index contributed by atoms with van der Waals surface area (Å²) in [6.07, 6.45) is 0.739. The van der Waals surface area contributed by atoms with Crippen LogP contribution in [0.3, 0.4) is 0 Å². The number of nitrogens with two attached hydrogens (primary N) is 1. The molecule has 2 heterocycles. The van der Waals surface area contributed by atoms with Gasteiger partial charge in [0.15, 0.2) is 5.75 Å². The average molecular weight is 485 g/mol. The van der Waals surface area contributed by atoms with Crippen molar-refractivity contribution in [2.24, 2.45) is 0 Å². The van der Waals surface area contributed by atoms with E-state index in [0.717, 1.165) is 16.7 Å². The molecule has 2 aromatic heterocycles. The van der Waals surface area contributed by atoms with Gasteiger partial charge in [0, 0.05) is 17.5 Å². The van der Waals surface area contributed by atoms with E-state index in [0.29, 0.717) is 5.56 Å². The molecule has 0 bridgehead atoms. The zero-order valence-electron chi connectivity index (χ0n) is 16.6. The maximum atomic E-state index is 12.4. The summed E-state index contributed by atoms with van der Waals surface area (Å²) in [5, 5.41) is 10.2. The van der Waals surface area contributed by atoms with E-state index in [1.54, 1.807) is 6.07 Å². The minimum Gasteiger partial charge on any atom is -0.434 e. The van der Waals surface area contributed by atoms with Crippen LogP contribution in [0.1, 0.15) is 22.6 Å². The fourth-order valence-electron chi connectivity index (χ4n) is 3.71. The number of ether oxygens (including phenoxy) is 1. The summed E-state index contributed by atoms with van der Waals surface area (Å²) in [7, 11) is 0. The van der Waals surface area contributed by atoms with Gasteiger partial charge < -0.3 is 10.5 Å². The molecule has 4 N–H and O–H groups in total. The van der Waals surface area contributed by atoms with Gasteiger partial charge in [0.1, 0.15) is 0 Å². The summed E-state index contributed by atoms with van der Waals surface area (Å²) in [5.41, 5.74) is 6.51. The molecule has 0 saturated heterocycles. The van der Waals surface area contributed by atoms with E-state index in [2.05, 4.69) is 15.3 Å². The van der Waals surface area contributed by atoms with E-state index in [1.807, 2.05) is 29.2 Å². The number of nitrogens with zero attached hydrogens (tertiary/aromatic N) is 3. The summed E-state index contributed by atoms with van der Waals surface area (Å²) in [6.45, 7) is 0. The summed E-state index contributed by atoms with van der Waals surface area (Å²) in [5.74, 6) is -0.307. The molecular weight excluding hydrogens is 471 g/mol. The molecule has 12 heteroatoms. The molecule has 0 radical (unpaired) electrons. The monoisotopic (exact) mass is 484 g/mol. The third-order valence-electron chi connectivity index (χ3n) is 5.33. The zero-order chi connectivity index (χ0) is 23.3. The fourth-order valence-corrected chi connectivity index (χ4v) is 4.26. The first-order chi connectivity index (χ1) is 15.8. The third kappa shape index (κ3) is 3.69. The number of nitrogens with one attached hydrogen (secondary N) is 2. The number of hydrogen-bond acceptors (Lipinski definition) is 7. The van der Waals surface area contributed by atoms with Gasteiger partial charge in [-0.1, -0.05) is 47.5 Å². The molecule has 1 atom stereocenters. The smallest absolute Gasteiger partial charge is 0.349 e. The van der Waals surface area contributed by atoms with Crippen LogP contribution in [-0.4, -0.2) is 25.0 Å². The molecule has 2 aromatic carbocycles. The Balaban J connectivity index is 1.49. The first-order valence-corrected chi connectivity index (χ1v) is 10.4. The highest BCUT2D eigenvalue weighted by Gasteiger charge is 2.29. The first-order valence-electron chi connectivity index (χ1n) is 9.65. The van der Waals surface area contributed by atoms with E-state index in [-0.39, 0.29) is 38.8 Å². The van der Waals surface area contributed by atoms with Crippen LogP contribution in [0.15, 0.2) is 56.8 Å². The lowest BCUT2D eigenvalue weighted by atomic mass is 9.74. The molecule has 0 saturated carbocycles. The first kappa shape index (κ1) is 21.0. The Labute approximate surface area is 194 Å². The van der Waals surface area contributed by atoms with Gasteiger partial charge in [-0.2, -0.15) is 4.68 Å². The Morgan fingerprint density at radius 2 is 1.76 bits per heavy atom. The topological polar surface area (TPSA) is 149 Å². The molecule has 1 aliphatic rings. The van der Waals surface area contributed by atoms with Crippen molar-refractivity contribution in [2.45, 2.75) is 12.3 Å². The Kier molecular flexibility index (Phi) is 5.03. The van der Waals surface area contributed by atoms with Crippen molar-refractivity contribution in [3.8, 4) is 17.3 Å². The standard InChI is InChI=1S/C21H14Cl2N6O4/c22-14-6-10(29-21(32)25-20(31)18(24)28-29)7-15(23)17(14)33-16-8-13(19(30)27-26-16)12-5-9-3-1-2-4-11(9)12/h1-4,6-8,12H,5H2,(H2,24,28)(H,27,30)(H,25,31,32)/t12-/m0/s1. The SMILES string of the molecule is Nc1nn(-c2cc(Cl)c(Oc3cc([C@H]4Cc5ccccc54)c(=O)[nH]n3)c(Cl)c2)c(=O)[nH]c1=O. The second kappa shape index (κ2) is 7.91. The van der Waals surface area contributed by atoms with Crippen molar-refractivity contribution in [3.05, 3.63) is 100 Å². The zero-order valence-corrected chi connectivity index (χ0v) is 18.1. The highest BCUT2D eigenvalue weighted by Crippen LogP contribution is 2.41. The van der Waals surface area contributed by atoms with Crippen molar-refractivity contribution >= 4 is 29.0 Å². The lowest BCUT2D eigenvalue weighted by Crippen LogP contribution is -2.33. The quantitative estimate of drug-likeness (QED) is 0.402. The van der Waals surface area contributed by atoms with Gasteiger partial charge in [0.25, 0.3) is 11.1 Å². The van der Waals surface area contributed by atoms with Gasteiger partial charge in [0.05, 0.1) is 15.7 Å². The number of H-pyrrole nitrogens is 2. The summed E-state index contributed by atoms with van der Waals surface area (Å²) in [6, 6.07) is 12.2. The third-order valence-corrected chi connectivity index (χ3v) is 5.89. The number of halogens is 2. The van der Waals surface area contributed by atoms with Gasteiger partial charge in [-0.3, -0.25) is 14.6 Å². The number of aromatic nitrogens is 5. The van der Waals surface area contributed by atoms with Crippen LogP contribution in [-0.2, 0) is 6.42 Å². The Bertz CT molecular complexity index is 1570. The maximum Gasteiger partial charge on any atom is 0.349 e. The van der Waals surface area contributed by atoms with E-state index < -0.39 is 17.1 Å². The normalized spacial score (nSPS) is 14.4. The molecule has 4 aromatic rings. The largest absolute Gasteiger partial charge is 0.434 e. The second-order valence-corrected chi connectivity index (χ2v) is 8.16. The molecule has 5 rings (SSSR count). The predicted octanol–water partition coefficient (Wildman–Crippen LogP) is 2.37. The summed E-state index contributed by atoms with van der Waals surface area (Å²) < 4.78 is 6.62. The number of rotatable bonds is 4. The van der Waals surface area contributed by atoms with Gasteiger partial charge >= 0.3 is 5.69 Å². The molecule has 0 fully saturated rings. The minimum absolute atomic E-state index is 0.0412. The Morgan fingerprint density at radius 1 is 1.03 bits per heavy atom. The average Bonchev–Trinajstić information content (AvgIpc) is 2.76. The van der Waals surface area contributed by atoms with E-state index >= 15 is 0 Å². The number of fused-ring (bicyclic) bond motifs is 1. The number of nitrogen functional groups attached to an aromatic ring is 1. The number of hydrogen-bond donors (Lipinski definition) is 3. The van der Waals surface area contributed by atoms with Gasteiger partial charge in [-0.15, -0.1) is 10.2 Å². The highest BCUT2D eigenvalue weighted by molar-refractivity contribution is 6.37. The Morgan fingerprint density at radius 3 is 2.48 bits per heavy atom. The minimum atomic E-state index is -0.817. The van der Waals surface area contributed by atoms with Crippen LogP contribution < -0.4 is 27.3 Å². The van der Waals surface area contributed by atoms with Crippen molar-refractivity contribution in [1.29, 1.82) is 0 Å². The van der Waals surface area contributed by atoms with Crippen LogP contribution in [0.4, 0.5) is 5.82 Å². The van der Waals surface area contributed by atoms with Crippen LogP contribution in [0.2, 0.25) is 10.0 Å². The summed E-state index contributed by atoms with van der Waals surface area (Å²) >= 11 is 12.7. The van der Waals surface area contributed by atoms with Gasteiger partial charge in [-0.05, 0) is 29.7 Å². The highest BCUT2D eigenvalue weighted by atomic mass is 35.5. The fraction of sp³-hybridized carbons (Fsp3) is 0.0952. The van der Waals surface area contributed by atoms with E-state index in [4.69, 9.17) is 33.7 Å². The Hall–Kier alpha value is -3.89. The molecular formula is C21H14Cl2N6O4. The molecule has 0 aliphatic heterocycles.